The number of amides is 1. The number of Topliss-reactive ketones (excluding diaryl/α,β-unsaturated/α-hetero) is 1. The first kappa shape index (κ1) is 22.1. The molecule has 1 aliphatic carbocycles. The molecule has 0 saturated heterocycles. The van der Waals surface area contributed by atoms with Crippen molar-refractivity contribution in [3.8, 4) is 0 Å². The third-order valence-corrected chi connectivity index (χ3v) is 5.42. The molecule has 3 aromatic carbocycles. The maximum Gasteiger partial charge on any atom is 0.250 e. The number of allylic oxidation sites excluding steroid dienone is 1. The molecule has 3 aromatic rings. The van der Waals surface area contributed by atoms with Crippen LogP contribution in [0.2, 0.25) is 0 Å². The van der Waals surface area contributed by atoms with Gasteiger partial charge < -0.3 is 12.2 Å². The van der Waals surface area contributed by atoms with Gasteiger partial charge >= 0.3 is 0 Å². The topological polar surface area (TPSA) is 46.2 Å². The van der Waals surface area contributed by atoms with E-state index >= 15 is 0 Å². The summed E-state index contributed by atoms with van der Waals surface area (Å²) in [4.78, 5) is 25.6. The zero-order valence-corrected chi connectivity index (χ0v) is 20.1. The van der Waals surface area contributed by atoms with E-state index in [-0.39, 0.29) is 11.7 Å². The molecule has 1 unspecified atom stereocenters. The molecule has 0 saturated carbocycles. The molecule has 1 aliphatic rings. The van der Waals surface area contributed by atoms with Crippen LogP contribution in [0, 0.1) is 13.0 Å². The number of hydrogen-bond donors (Lipinski definition) is 1. The van der Waals surface area contributed by atoms with Gasteiger partial charge in [0.25, 0.3) is 5.91 Å². The molecule has 1 radical (unpaired) electrons. The van der Waals surface area contributed by atoms with Gasteiger partial charge in [0.05, 0.1) is 0 Å². The second-order valence-corrected chi connectivity index (χ2v) is 7.00. The molecule has 4 heteroatoms. The largest absolute Gasteiger partial charge is 0.355 e. The fourth-order valence-electron chi connectivity index (χ4n) is 4.14. The van der Waals surface area contributed by atoms with E-state index in [4.69, 9.17) is 0 Å². The SMILES string of the molecule is CNC(=O)c1c2c(c3ccccc3c1C(C)=O)C=[C-]C2(C)c1ccccc1.[CH2-]C.[Es]. The number of benzene rings is 3. The summed E-state index contributed by atoms with van der Waals surface area (Å²) < 4.78 is 0. The van der Waals surface area contributed by atoms with E-state index in [1.165, 1.54) is 6.92 Å². The Morgan fingerprint density at radius 1 is 0.933 bits per heavy atom. The summed E-state index contributed by atoms with van der Waals surface area (Å²) in [6.45, 7) is 8.57. The van der Waals surface area contributed by atoms with Gasteiger partial charge in [-0.05, 0) is 12.3 Å². The van der Waals surface area contributed by atoms with Crippen molar-refractivity contribution in [2.24, 2.45) is 0 Å². The first-order chi connectivity index (χ1) is 14.0. The van der Waals surface area contributed by atoms with Gasteiger partial charge in [-0.3, -0.25) is 15.7 Å². The number of ketones is 1. The van der Waals surface area contributed by atoms with Crippen molar-refractivity contribution >= 4 is 28.5 Å². The van der Waals surface area contributed by atoms with Crippen molar-refractivity contribution in [2.45, 2.75) is 26.2 Å². The second kappa shape index (κ2) is 8.44. The summed E-state index contributed by atoms with van der Waals surface area (Å²) in [6.07, 6.45) is 5.44. The molecule has 0 aliphatic heterocycles. The van der Waals surface area contributed by atoms with E-state index in [0.717, 1.165) is 27.5 Å². The molecule has 0 heterocycles. The van der Waals surface area contributed by atoms with Crippen LogP contribution in [0.1, 0.15) is 58.2 Å². The molecule has 1 N–H and O–H groups in total. The monoisotopic (exact) mass is 635 g/mol. The Balaban J connectivity index is 0.00000104. The third kappa shape index (κ3) is 3.14. The Hall–Kier alpha value is -4.20. The molecule has 1 amide bonds. The average Bonchev–Trinajstić information content (AvgIpc) is 3.13. The summed E-state index contributed by atoms with van der Waals surface area (Å²) in [5, 5.41) is 4.50. The van der Waals surface area contributed by atoms with E-state index in [2.05, 4.69) is 25.2 Å². The number of fused-ring (bicyclic) bond motifs is 3. The predicted octanol–water partition coefficient (Wildman–Crippen LogP) is 5.38. The second-order valence-electron chi connectivity index (χ2n) is 7.00. The molecule has 0 bridgehead atoms. The van der Waals surface area contributed by atoms with Gasteiger partial charge in [-0.1, -0.05) is 77.9 Å². The van der Waals surface area contributed by atoms with Gasteiger partial charge in [0.2, 0.25) is 0 Å². The van der Waals surface area contributed by atoms with Crippen LogP contribution in [0.4, 0.5) is 0 Å². The quantitative estimate of drug-likeness (QED) is 0.311. The Labute approximate surface area is 172 Å². The van der Waals surface area contributed by atoms with E-state index in [9.17, 15) is 9.59 Å². The number of rotatable bonds is 3. The number of nitrogens with one attached hydrogen (secondary N) is 1. The standard InChI is InChI=1S/C24H20NO2.C2H5.Es/c1-15(26)20-18-12-8-7-11-17(18)19-13-14-24(2,16-9-5-4-6-10-16)22(19)21(20)23(27)25-3;1-2;/h4-13H,1-3H3,(H,25,27);1H2,2H3;/q2*-1;. The van der Waals surface area contributed by atoms with Gasteiger partial charge in [-0.2, -0.15) is 12.5 Å². The van der Waals surface area contributed by atoms with E-state index in [0.29, 0.717) is 11.1 Å². The van der Waals surface area contributed by atoms with E-state index < -0.39 is 5.41 Å². The van der Waals surface area contributed by atoms with Crippen LogP contribution in [0.25, 0.3) is 16.8 Å². The van der Waals surface area contributed by atoms with Crippen molar-refractivity contribution in [1.82, 2.24) is 5.32 Å². The van der Waals surface area contributed by atoms with Gasteiger partial charge in [-0.25, -0.2) is 6.08 Å². The zero-order valence-electron chi connectivity index (χ0n) is 17.6. The minimum atomic E-state index is -0.604. The molecule has 159 valence electrons. The molecular formula is C26H25EsNO2-2. The molecular weight excluding hydrogens is 610 g/mol. The maximum atomic E-state index is 13.0. The number of carbonyl (C=O) groups excluding carboxylic acids is 2. The van der Waals surface area contributed by atoms with Crippen LogP contribution in [-0.4, -0.2) is 18.7 Å². The van der Waals surface area contributed by atoms with E-state index in [1.807, 2.05) is 60.7 Å². The van der Waals surface area contributed by atoms with Gasteiger partial charge in [0.15, 0.2) is 5.78 Å². The Bertz CT molecular complexity index is 1120. The predicted molar refractivity (Wildman–Crippen MR) is 119 cm³/mol. The van der Waals surface area contributed by atoms with Crippen molar-refractivity contribution in [3.63, 3.8) is 0 Å². The molecule has 30 heavy (non-hydrogen) atoms. The minimum Gasteiger partial charge on any atom is -0.355 e. The van der Waals surface area contributed by atoms with Crippen LogP contribution < -0.4 is 5.32 Å². The van der Waals surface area contributed by atoms with Crippen molar-refractivity contribution in [1.29, 1.82) is 0 Å². The van der Waals surface area contributed by atoms with E-state index in [1.54, 1.807) is 14.0 Å². The Morgan fingerprint density at radius 3 is 2.07 bits per heavy atom. The minimum absolute atomic E-state index is 0. The molecule has 0 aromatic heterocycles. The fourth-order valence-corrected chi connectivity index (χ4v) is 4.14. The molecule has 3 nitrogen and oxygen atoms in total. The third-order valence-electron chi connectivity index (χ3n) is 5.42. The summed E-state index contributed by atoms with van der Waals surface area (Å²) >= 11 is 0. The number of carbonyl (C=O) groups is 2. The summed E-state index contributed by atoms with van der Waals surface area (Å²) in [7, 11) is 1.60. The summed E-state index contributed by atoms with van der Waals surface area (Å²) in [6, 6.07) is 17.8. The first-order valence-corrected chi connectivity index (χ1v) is 9.68. The first-order valence-electron chi connectivity index (χ1n) is 9.68. The van der Waals surface area contributed by atoms with Gasteiger partial charge in [0.1, 0.15) is 0 Å². The normalized spacial score (nSPS) is 16.2. The smallest absolute Gasteiger partial charge is 0.250 e. The molecule has 0 spiro atoms. The number of hydrogen-bond acceptors (Lipinski definition) is 2. The average molecular weight is 635 g/mol. The van der Waals surface area contributed by atoms with Crippen LogP contribution in [0.15, 0.2) is 54.6 Å². The molecule has 4 rings (SSSR count). The fraction of sp³-hybridized carbons (Fsp3) is 0.192. The molecule has 0 fully saturated rings. The van der Waals surface area contributed by atoms with Crippen LogP contribution in [0.5, 0.6) is 0 Å². The van der Waals surface area contributed by atoms with Crippen LogP contribution >= 0.6 is 0 Å². The Morgan fingerprint density at radius 2 is 1.50 bits per heavy atom. The van der Waals surface area contributed by atoms with Gasteiger partial charge in [0, 0.05) is 18.2 Å². The summed E-state index contributed by atoms with van der Waals surface area (Å²) in [5.74, 6) is -0.364. The van der Waals surface area contributed by atoms with Crippen molar-refractivity contribution < 1.29 is 9.59 Å². The van der Waals surface area contributed by atoms with Crippen LogP contribution in [0.3, 0.4) is 0 Å². The Kier molecular flexibility index (Phi) is 6.21. The maximum absolute atomic E-state index is 13.0. The molecule has 1 atom stereocenters. The van der Waals surface area contributed by atoms with Crippen molar-refractivity contribution in [2.75, 3.05) is 7.05 Å². The van der Waals surface area contributed by atoms with Gasteiger partial charge in [-0.15, -0.1) is 5.56 Å². The van der Waals surface area contributed by atoms with Crippen LogP contribution in [-0.2, 0) is 5.41 Å². The zero-order chi connectivity index (χ0) is 21.2. The summed E-state index contributed by atoms with van der Waals surface area (Å²) in [5.41, 5.74) is 3.16. The van der Waals surface area contributed by atoms with Crippen molar-refractivity contribution in [3.05, 3.63) is 95.4 Å².